The summed E-state index contributed by atoms with van der Waals surface area (Å²) in [4.78, 5) is 4.60. The highest BCUT2D eigenvalue weighted by Crippen LogP contribution is 2.25. The Labute approximate surface area is 160 Å². The molecular weight excluding hydrogens is 364 g/mol. The normalized spacial score (nSPS) is 15.9. The van der Waals surface area contributed by atoms with Crippen molar-refractivity contribution in [3.8, 4) is 11.5 Å². The molecular formula is C20H24N2O4S. The molecule has 0 aliphatic carbocycles. The number of aromatic hydroxyl groups is 1. The maximum Gasteiger partial charge on any atom is 0.243 e. The molecule has 1 N–H and O–H groups in total. The minimum atomic E-state index is -3.44. The first-order valence-electron chi connectivity index (χ1n) is 9.11. The van der Waals surface area contributed by atoms with Crippen molar-refractivity contribution in [1.82, 2.24) is 4.31 Å². The van der Waals surface area contributed by atoms with Crippen LogP contribution >= 0.6 is 0 Å². The van der Waals surface area contributed by atoms with Gasteiger partial charge in [0.25, 0.3) is 0 Å². The second-order valence-corrected chi connectivity index (χ2v) is 8.31. The molecule has 1 saturated heterocycles. The molecule has 2 aromatic rings. The SMILES string of the molecule is CCOc1ccc(C=Nc2ccc(S(=O)(=O)N3CCCCC3)cc2)c(O)c1. The summed E-state index contributed by atoms with van der Waals surface area (Å²) in [6, 6.07) is 11.5. The highest BCUT2D eigenvalue weighted by molar-refractivity contribution is 7.89. The number of aliphatic imine (C=N–C) groups is 1. The topological polar surface area (TPSA) is 79.2 Å². The van der Waals surface area contributed by atoms with E-state index in [1.165, 1.54) is 0 Å². The van der Waals surface area contributed by atoms with Crippen LogP contribution < -0.4 is 4.74 Å². The van der Waals surface area contributed by atoms with E-state index in [2.05, 4.69) is 4.99 Å². The molecule has 0 amide bonds. The Morgan fingerprint density at radius 3 is 2.44 bits per heavy atom. The molecule has 1 aliphatic rings. The minimum absolute atomic E-state index is 0.0778. The number of nitrogens with zero attached hydrogens (tertiary/aromatic N) is 2. The van der Waals surface area contributed by atoms with Gasteiger partial charge in [-0.25, -0.2) is 8.42 Å². The molecule has 0 bridgehead atoms. The summed E-state index contributed by atoms with van der Waals surface area (Å²) < 4.78 is 32.2. The zero-order valence-electron chi connectivity index (χ0n) is 15.3. The van der Waals surface area contributed by atoms with Crippen LogP contribution in [-0.4, -0.2) is 43.7 Å². The van der Waals surface area contributed by atoms with E-state index in [0.29, 0.717) is 36.7 Å². The van der Waals surface area contributed by atoms with Gasteiger partial charge in [0.05, 0.1) is 17.2 Å². The lowest BCUT2D eigenvalue weighted by Crippen LogP contribution is -2.35. The molecule has 1 aliphatic heterocycles. The van der Waals surface area contributed by atoms with Crippen LogP contribution in [0.2, 0.25) is 0 Å². The molecule has 1 fully saturated rings. The number of phenols is 1. The largest absolute Gasteiger partial charge is 0.507 e. The molecule has 1 heterocycles. The number of benzene rings is 2. The number of ether oxygens (including phenoxy) is 1. The highest BCUT2D eigenvalue weighted by atomic mass is 32.2. The Bertz CT molecular complexity index is 902. The number of sulfonamides is 1. The molecule has 0 aromatic heterocycles. The van der Waals surface area contributed by atoms with Gasteiger partial charge in [0.2, 0.25) is 10.0 Å². The lowest BCUT2D eigenvalue weighted by atomic mass is 10.2. The number of rotatable bonds is 6. The number of hydrogen-bond donors (Lipinski definition) is 1. The molecule has 6 nitrogen and oxygen atoms in total. The van der Waals surface area contributed by atoms with Crippen molar-refractivity contribution in [3.05, 3.63) is 48.0 Å². The molecule has 0 radical (unpaired) electrons. The number of phenolic OH excluding ortho intramolecular Hbond substituents is 1. The first-order chi connectivity index (χ1) is 13.0. The fourth-order valence-corrected chi connectivity index (χ4v) is 4.51. The highest BCUT2D eigenvalue weighted by Gasteiger charge is 2.25. The van der Waals surface area contributed by atoms with E-state index in [4.69, 9.17) is 4.74 Å². The zero-order chi connectivity index (χ0) is 19.3. The summed E-state index contributed by atoms with van der Waals surface area (Å²) in [5, 5.41) is 10.0. The summed E-state index contributed by atoms with van der Waals surface area (Å²) in [6.45, 7) is 3.57. The zero-order valence-corrected chi connectivity index (χ0v) is 16.2. The predicted octanol–water partition coefficient (Wildman–Crippen LogP) is 3.72. The molecule has 3 rings (SSSR count). The van der Waals surface area contributed by atoms with Crippen LogP contribution in [0.25, 0.3) is 0 Å². The third-order valence-corrected chi connectivity index (χ3v) is 6.37. The van der Waals surface area contributed by atoms with Crippen molar-refractivity contribution in [1.29, 1.82) is 0 Å². The third-order valence-electron chi connectivity index (χ3n) is 4.46. The van der Waals surface area contributed by atoms with Crippen molar-refractivity contribution in [2.45, 2.75) is 31.1 Å². The lowest BCUT2D eigenvalue weighted by Gasteiger charge is -2.25. The van der Waals surface area contributed by atoms with E-state index in [9.17, 15) is 13.5 Å². The monoisotopic (exact) mass is 388 g/mol. The van der Waals surface area contributed by atoms with Gasteiger partial charge in [0.1, 0.15) is 11.5 Å². The van der Waals surface area contributed by atoms with Crippen molar-refractivity contribution in [3.63, 3.8) is 0 Å². The fraction of sp³-hybridized carbons (Fsp3) is 0.350. The van der Waals surface area contributed by atoms with Gasteiger partial charge in [0, 0.05) is 30.9 Å². The van der Waals surface area contributed by atoms with Gasteiger partial charge in [-0.3, -0.25) is 4.99 Å². The summed E-state index contributed by atoms with van der Waals surface area (Å²) in [5.41, 5.74) is 1.17. The van der Waals surface area contributed by atoms with E-state index < -0.39 is 10.0 Å². The summed E-state index contributed by atoms with van der Waals surface area (Å²) in [7, 11) is -3.44. The average Bonchev–Trinajstić information content (AvgIpc) is 2.69. The molecule has 7 heteroatoms. The van der Waals surface area contributed by atoms with Crippen LogP contribution in [0.15, 0.2) is 52.4 Å². The van der Waals surface area contributed by atoms with Gasteiger partial charge in [0.15, 0.2) is 0 Å². The Kier molecular flexibility index (Phi) is 6.13. The van der Waals surface area contributed by atoms with E-state index in [1.807, 2.05) is 6.92 Å². The quantitative estimate of drug-likeness (QED) is 0.765. The standard InChI is InChI=1S/C20H24N2O4S/c1-2-26-18-9-6-16(20(23)14-18)15-21-17-7-10-19(11-8-17)27(24,25)22-12-4-3-5-13-22/h6-11,14-15,23H,2-5,12-13H2,1H3. The molecule has 27 heavy (non-hydrogen) atoms. The fourth-order valence-electron chi connectivity index (χ4n) is 2.99. The first kappa shape index (κ1) is 19.4. The summed E-state index contributed by atoms with van der Waals surface area (Å²) in [5.74, 6) is 0.674. The van der Waals surface area contributed by atoms with Crippen molar-refractivity contribution in [2.75, 3.05) is 19.7 Å². The first-order valence-corrected chi connectivity index (χ1v) is 10.5. The molecule has 0 spiro atoms. The number of hydrogen-bond acceptors (Lipinski definition) is 5. The van der Waals surface area contributed by atoms with Crippen LogP contribution in [0.3, 0.4) is 0 Å². The molecule has 0 atom stereocenters. The Morgan fingerprint density at radius 1 is 1.11 bits per heavy atom. The van der Waals surface area contributed by atoms with Crippen LogP contribution in [0, 0.1) is 0 Å². The van der Waals surface area contributed by atoms with Crippen LogP contribution in [0.5, 0.6) is 11.5 Å². The van der Waals surface area contributed by atoms with E-state index >= 15 is 0 Å². The summed E-state index contributed by atoms with van der Waals surface area (Å²) >= 11 is 0. The average molecular weight is 388 g/mol. The van der Waals surface area contributed by atoms with Crippen molar-refractivity contribution >= 4 is 21.9 Å². The number of piperidine rings is 1. The van der Waals surface area contributed by atoms with Gasteiger partial charge < -0.3 is 9.84 Å². The van der Waals surface area contributed by atoms with Gasteiger partial charge in [-0.05, 0) is 56.2 Å². The molecule has 0 unspecified atom stereocenters. The maximum atomic E-state index is 12.7. The smallest absolute Gasteiger partial charge is 0.243 e. The maximum absolute atomic E-state index is 12.7. The van der Waals surface area contributed by atoms with Gasteiger partial charge in [-0.2, -0.15) is 4.31 Å². The minimum Gasteiger partial charge on any atom is -0.507 e. The Hall–Kier alpha value is -2.38. The Morgan fingerprint density at radius 2 is 1.81 bits per heavy atom. The van der Waals surface area contributed by atoms with Crippen molar-refractivity contribution < 1.29 is 18.3 Å². The molecule has 144 valence electrons. The van der Waals surface area contributed by atoms with Crippen LogP contribution in [-0.2, 0) is 10.0 Å². The van der Waals surface area contributed by atoms with E-state index in [-0.39, 0.29) is 10.6 Å². The van der Waals surface area contributed by atoms with E-state index in [0.717, 1.165) is 19.3 Å². The Balaban J connectivity index is 1.73. The predicted molar refractivity (Wildman–Crippen MR) is 106 cm³/mol. The van der Waals surface area contributed by atoms with E-state index in [1.54, 1.807) is 53.0 Å². The molecule has 2 aromatic carbocycles. The summed E-state index contributed by atoms with van der Waals surface area (Å²) in [6.07, 6.45) is 4.44. The van der Waals surface area contributed by atoms with Gasteiger partial charge in [-0.1, -0.05) is 6.42 Å². The van der Waals surface area contributed by atoms with Gasteiger partial charge in [-0.15, -0.1) is 0 Å². The second kappa shape index (κ2) is 8.54. The lowest BCUT2D eigenvalue weighted by molar-refractivity contribution is 0.337. The van der Waals surface area contributed by atoms with Gasteiger partial charge >= 0.3 is 0 Å². The van der Waals surface area contributed by atoms with Crippen LogP contribution in [0.4, 0.5) is 5.69 Å². The second-order valence-electron chi connectivity index (χ2n) is 6.37. The van der Waals surface area contributed by atoms with Crippen molar-refractivity contribution in [2.24, 2.45) is 4.99 Å². The third kappa shape index (κ3) is 4.67. The molecule has 0 saturated carbocycles. The van der Waals surface area contributed by atoms with Crippen LogP contribution in [0.1, 0.15) is 31.7 Å².